The SMILES string of the molecule is CCCCCCCCCCCCCCOC(=O)/C=C/C(=O)OCCCCCCCCCCCCCC. The van der Waals surface area contributed by atoms with Gasteiger partial charge in [-0.15, -0.1) is 0 Å². The van der Waals surface area contributed by atoms with E-state index in [1.165, 1.54) is 141 Å². The van der Waals surface area contributed by atoms with Crippen LogP contribution in [0.3, 0.4) is 0 Å². The molecule has 0 N–H and O–H groups in total. The Hall–Kier alpha value is -1.32. The van der Waals surface area contributed by atoms with Crippen LogP contribution < -0.4 is 0 Å². The highest BCUT2D eigenvalue weighted by molar-refractivity contribution is 5.91. The quantitative estimate of drug-likeness (QED) is 0.0599. The van der Waals surface area contributed by atoms with Crippen LogP contribution in [-0.2, 0) is 19.1 Å². The Morgan fingerprint density at radius 1 is 0.389 bits per heavy atom. The Balaban J connectivity index is 3.37. The summed E-state index contributed by atoms with van der Waals surface area (Å²) in [6.45, 7) is 5.37. The summed E-state index contributed by atoms with van der Waals surface area (Å²) in [7, 11) is 0. The van der Waals surface area contributed by atoms with Crippen LogP contribution in [0, 0.1) is 0 Å². The maximum Gasteiger partial charge on any atom is 0.331 e. The summed E-state index contributed by atoms with van der Waals surface area (Å²) in [6.07, 6.45) is 33.1. The Morgan fingerprint density at radius 3 is 0.861 bits per heavy atom. The van der Waals surface area contributed by atoms with Gasteiger partial charge < -0.3 is 9.47 Å². The number of carbonyl (C=O) groups is 2. The lowest BCUT2D eigenvalue weighted by Crippen LogP contribution is -2.06. The van der Waals surface area contributed by atoms with Crippen molar-refractivity contribution in [3.63, 3.8) is 0 Å². The maximum absolute atomic E-state index is 11.7. The number of hydrogen-bond acceptors (Lipinski definition) is 4. The molecule has 0 atom stereocenters. The summed E-state index contributed by atoms with van der Waals surface area (Å²) in [5.74, 6) is -0.916. The van der Waals surface area contributed by atoms with E-state index in [0.717, 1.165) is 25.7 Å². The van der Waals surface area contributed by atoms with Crippen LogP contribution in [0.1, 0.15) is 168 Å². The Kier molecular flexibility index (Phi) is 28.8. The van der Waals surface area contributed by atoms with E-state index in [9.17, 15) is 9.59 Å². The Labute approximate surface area is 224 Å². The largest absolute Gasteiger partial charge is 0.463 e. The number of rotatable bonds is 28. The summed E-state index contributed by atoms with van der Waals surface area (Å²) < 4.78 is 10.3. The van der Waals surface area contributed by atoms with E-state index in [1.807, 2.05) is 0 Å². The Bertz CT molecular complexity index is 456. The van der Waals surface area contributed by atoms with Gasteiger partial charge in [0.05, 0.1) is 13.2 Å². The normalized spacial score (nSPS) is 11.3. The van der Waals surface area contributed by atoms with Gasteiger partial charge in [-0.3, -0.25) is 0 Å². The zero-order valence-corrected chi connectivity index (χ0v) is 24.2. The second kappa shape index (κ2) is 29.9. The molecule has 0 aromatic carbocycles. The lowest BCUT2D eigenvalue weighted by atomic mass is 10.1. The molecule has 0 spiro atoms. The van der Waals surface area contributed by atoms with Gasteiger partial charge in [0.2, 0.25) is 0 Å². The smallest absolute Gasteiger partial charge is 0.331 e. The van der Waals surface area contributed by atoms with Gasteiger partial charge in [-0.05, 0) is 12.8 Å². The van der Waals surface area contributed by atoms with Gasteiger partial charge in [0.1, 0.15) is 0 Å². The first kappa shape index (κ1) is 34.7. The van der Waals surface area contributed by atoms with Gasteiger partial charge >= 0.3 is 11.9 Å². The first-order valence-corrected chi connectivity index (χ1v) is 15.7. The van der Waals surface area contributed by atoms with E-state index < -0.39 is 11.9 Å². The van der Waals surface area contributed by atoms with Crippen molar-refractivity contribution in [2.75, 3.05) is 13.2 Å². The van der Waals surface area contributed by atoms with E-state index in [4.69, 9.17) is 9.47 Å². The minimum absolute atomic E-state index is 0.425. The average Bonchev–Trinajstić information content (AvgIpc) is 2.88. The van der Waals surface area contributed by atoms with E-state index >= 15 is 0 Å². The van der Waals surface area contributed by atoms with Crippen molar-refractivity contribution in [1.82, 2.24) is 0 Å². The minimum atomic E-state index is -0.458. The zero-order valence-electron chi connectivity index (χ0n) is 24.2. The number of hydrogen-bond donors (Lipinski definition) is 0. The fourth-order valence-corrected chi connectivity index (χ4v) is 4.46. The van der Waals surface area contributed by atoms with Gasteiger partial charge in [-0.25, -0.2) is 9.59 Å². The van der Waals surface area contributed by atoms with Gasteiger partial charge in [0.15, 0.2) is 0 Å². The highest BCUT2D eigenvalue weighted by Gasteiger charge is 2.02. The van der Waals surface area contributed by atoms with Crippen molar-refractivity contribution in [3.05, 3.63) is 12.2 Å². The second-order valence-corrected chi connectivity index (χ2v) is 10.4. The molecule has 0 heterocycles. The predicted molar refractivity (Wildman–Crippen MR) is 153 cm³/mol. The topological polar surface area (TPSA) is 52.6 Å². The first-order valence-electron chi connectivity index (χ1n) is 15.7. The predicted octanol–water partition coefficient (Wildman–Crippen LogP) is 10.0. The number of ether oxygens (including phenoxy) is 2. The molecule has 0 amide bonds. The maximum atomic E-state index is 11.7. The van der Waals surface area contributed by atoms with E-state index in [2.05, 4.69) is 13.8 Å². The molecule has 36 heavy (non-hydrogen) atoms. The van der Waals surface area contributed by atoms with Crippen molar-refractivity contribution in [3.8, 4) is 0 Å². The second-order valence-electron chi connectivity index (χ2n) is 10.4. The highest BCUT2D eigenvalue weighted by atomic mass is 16.5. The summed E-state index contributed by atoms with van der Waals surface area (Å²) in [6, 6.07) is 0. The zero-order chi connectivity index (χ0) is 26.4. The van der Waals surface area contributed by atoms with Crippen LogP contribution in [0.4, 0.5) is 0 Å². The minimum Gasteiger partial charge on any atom is -0.463 e. The molecule has 0 aromatic heterocycles. The molecule has 0 aliphatic heterocycles. The Morgan fingerprint density at radius 2 is 0.611 bits per heavy atom. The fourth-order valence-electron chi connectivity index (χ4n) is 4.46. The number of esters is 2. The molecule has 0 aliphatic rings. The monoisotopic (exact) mass is 508 g/mol. The average molecular weight is 509 g/mol. The summed E-state index contributed by atoms with van der Waals surface area (Å²) in [4.78, 5) is 23.4. The van der Waals surface area contributed by atoms with Crippen LogP contribution in [0.15, 0.2) is 12.2 Å². The lowest BCUT2D eigenvalue weighted by molar-refractivity contribution is -0.140. The molecule has 0 unspecified atom stereocenters. The highest BCUT2D eigenvalue weighted by Crippen LogP contribution is 2.13. The molecule has 0 radical (unpaired) electrons. The van der Waals surface area contributed by atoms with E-state index in [0.29, 0.717) is 13.2 Å². The molecule has 4 heteroatoms. The van der Waals surface area contributed by atoms with Crippen LogP contribution in [0.25, 0.3) is 0 Å². The van der Waals surface area contributed by atoms with Crippen LogP contribution in [-0.4, -0.2) is 25.2 Å². The molecule has 0 bridgehead atoms. The van der Waals surface area contributed by atoms with E-state index in [-0.39, 0.29) is 0 Å². The standard InChI is InChI=1S/C32H60O4/c1-3-5-7-9-11-13-15-17-19-21-23-25-29-35-31(33)27-28-32(34)36-30-26-24-22-20-18-16-14-12-10-8-6-4-2/h27-28H,3-26,29-30H2,1-2H3/b28-27+. The molecule has 0 aromatic rings. The van der Waals surface area contributed by atoms with Gasteiger partial charge in [-0.1, -0.05) is 155 Å². The third-order valence-electron chi connectivity index (χ3n) is 6.84. The van der Waals surface area contributed by atoms with Crippen molar-refractivity contribution in [2.45, 2.75) is 168 Å². The van der Waals surface area contributed by atoms with Gasteiger partial charge in [-0.2, -0.15) is 0 Å². The van der Waals surface area contributed by atoms with Crippen LogP contribution in [0.5, 0.6) is 0 Å². The number of carbonyl (C=O) groups excluding carboxylic acids is 2. The molecule has 0 fully saturated rings. The summed E-state index contributed by atoms with van der Waals surface area (Å²) in [5.41, 5.74) is 0. The van der Waals surface area contributed by atoms with Crippen molar-refractivity contribution >= 4 is 11.9 Å². The van der Waals surface area contributed by atoms with Crippen LogP contribution >= 0.6 is 0 Å². The third kappa shape index (κ3) is 28.9. The van der Waals surface area contributed by atoms with Crippen molar-refractivity contribution < 1.29 is 19.1 Å². The van der Waals surface area contributed by atoms with Gasteiger partial charge in [0, 0.05) is 12.2 Å². The molecule has 0 aliphatic carbocycles. The first-order chi connectivity index (χ1) is 17.7. The molecular formula is C32H60O4. The van der Waals surface area contributed by atoms with Crippen molar-refractivity contribution in [1.29, 1.82) is 0 Å². The van der Waals surface area contributed by atoms with E-state index in [1.54, 1.807) is 0 Å². The molecule has 0 rings (SSSR count). The summed E-state index contributed by atoms with van der Waals surface area (Å²) in [5, 5.41) is 0. The fraction of sp³-hybridized carbons (Fsp3) is 0.875. The molecular weight excluding hydrogens is 448 g/mol. The third-order valence-corrected chi connectivity index (χ3v) is 6.84. The number of unbranched alkanes of at least 4 members (excludes halogenated alkanes) is 22. The van der Waals surface area contributed by atoms with Crippen LogP contribution in [0.2, 0.25) is 0 Å². The van der Waals surface area contributed by atoms with Crippen molar-refractivity contribution in [2.24, 2.45) is 0 Å². The molecule has 0 saturated carbocycles. The molecule has 4 nitrogen and oxygen atoms in total. The molecule has 0 saturated heterocycles. The lowest BCUT2D eigenvalue weighted by Gasteiger charge is -2.04. The van der Waals surface area contributed by atoms with Gasteiger partial charge in [0.25, 0.3) is 0 Å². The molecule has 212 valence electrons. The summed E-state index contributed by atoms with van der Waals surface area (Å²) >= 11 is 0.